The predicted octanol–water partition coefficient (Wildman–Crippen LogP) is 2.17. The molecule has 0 aromatic carbocycles. The van der Waals surface area contributed by atoms with Gasteiger partial charge in [0.25, 0.3) is 0 Å². The minimum atomic E-state index is -0.226. The molecule has 0 aliphatic heterocycles. The van der Waals surface area contributed by atoms with Crippen molar-refractivity contribution >= 4 is 11.6 Å². The van der Waals surface area contributed by atoms with E-state index in [0.29, 0.717) is 23.3 Å². The molecule has 4 heteroatoms. The number of Topliss-reactive ketones (excluding diaryl/α,β-unsaturated/α-hetero) is 1. The van der Waals surface area contributed by atoms with E-state index in [4.69, 9.17) is 5.73 Å². The van der Waals surface area contributed by atoms with Crippen LogP contribution < -0.4 is 5.73 Å². The van der Waals surface area contributed by atoms with Crippen LogP contribution >= 0.6 is 0 Å². The molecule has 0 amide bonds. The molecule has 2 bridgehead atoms. The number of carbonyl (C=O) groups is 1. The number of nitrogens with zero attached hydrogens (tertiary/aromatic N) is 2. The molecular weight excluding hydrogens is 226 g/mol. The first-order valence-electron chi connectivity index (χ1n) is 6.50. The molecule has 96 valence electrons. The van der Waals surface area contributed by atoms with Crippen molar-refractivity contribution in [2.45, 2.75) is 39.5 Å². The van der Waals surface area contributed by atoms with Crippen LogP contribution in [0.2, 0.25) is 0 Å². The molecule has 2 fully saturated rings. The van der Waals surface area contributed by atoms with Crippen LogP contribution in [0, 0.1) is 16.7 Å². The Labute approximate surface area is 107 Å². The first-order chi connectivity index (χ1) is 8.38. The third-order valence-electron chi connectivity index (χ3n) is 5.51. The number of hydrogen-bond donors (Lipinski definition) is 1. The van der Waals surface area contributed by atoms with E-state index in [9.17, 15) is 4.79 Å². The Hall–Kier alpha value is -1.45. The molecule has 0 spiro atoms. The van der Waals surface area contributed by atoms with Gasteiger partial charge in [0.05, 0.1) is 5.92 Å². The van der Waals surface area contributed by atoms with Gasteiger partial charge in [-0.15, -0.1) is 0 Å². The third kappa shape index (κ3) is 1.18. The lowest BCUT2D eigenvalue weighted by Gasteiger charge is -2.32. The molecule has 2 aliphatic rings. The van der Waals surface area contributed by atoms with E-state index in [0.717, 1.165) is 12.8 Å². The van der Waals surface area contributed by atoms with E-state index in [1.807, 2.05) is 0 Å². The fourth-order valence-electron chi connectivity index (χ4n) is 3.92. The van der Waals surface area contributed by atoms with Crippen LogP contribution in [0.25, 0.3) is 0 Å². The largest absolute Gasteiger partial charge is 0.384 e. The normalized spacial score (nSPS) is 37.2. The summed E-state index contributed by atoms with van der Waals surface area (Å²) in [6.45, 7) is 6.51. The van der Waals surface area contributed by atoms with Crippen molar-refractivity contribution < 1.29 is 4.79 Å². The summed E-state index contributed by atoms with van der Waals surface area (Å²) >= 11 is 0. The maximum absolute atomic E-state index is 12.7. The molecule has 3 rings (SSSR count). The molecule has 4 nitrogen and oxygen atoms in total. The number of ketones is 1. The quantitative estimate of drug-likeness (QED) is 0.823. The number of rotatable bonds is 1. The Balaban J connectivity index is 2.09. The van der Waals surface area contributed by atoms with Gasteiger partial charge >= 0.3 is 0 Å². The molecule has 0 radical (unpaired) electrons. The zero-order valence-corrected chi connectivity index (χ0v) is 11.1. The van der Waals surface area contributed by atoms with E-state index in [1.54, 1.807) is 12.3 Å². The van der Waals surface area contributed by atoms with Crippen molar-refractivity contribution in [2.75, 3.05) is 5.73 Å². The highest BCUT2D eigenvalue weighted by Gasteiger charge is 2.67. The van der Waals surface area contributed by atoms with E-state index < -0.39 is 0 Å². The number of fused-ring (bicyclic) bond motifs is 2. The fraction of sp³-hybridized carbons (Fsp3) is 0.643. The summed E-state index contributed by atoms with van der Waals surface area (Å²) in [7, 11) is 0. The molecule has 3 atom stereocenters. The summed E-state index contributed by atoms with van der Waals surface area (Å²) in [5.41, 5.74) is 5.51. The number of hydrogen-bond acceptors (Lipinski definition) is 4. The second kappa shape index (κ2) is 3.31. The molecule has 2 N–H and O–H groups in total. The topological polar surface area (TPSA) is 68.9 Å². The number of nitrogens with two attached hydrogens (primary N) is 1. The van der Waals surface area contributed by atoms with Crippen LogP contribution in [0.3, 0.4) is 0 Å². The Morgan fingerprint density at radius 1 is 1.39 bits per heavy atom. The Morgan fingerprint density at radius 2 is 2.11 bits per heavy atom. The third-order valence-corrected chi connectivity index (χ3v) is 5.51. The summed E-state index contributed by atoms with van der Waals surface area (Å²) < 4.78 is 0. The Kier molecular flexibility index (Phi) is 2.14. The maximum atomic E-state index is 12.7. The van der Waals surface area contributed by atoms with Gasteiger partial charge in [-0.05, 0) is 30.2 Å². The van der Waals surface area contributed by atoms with E-state index in [2.05, 4.69) is 30.7 Å². The SMILES string of the molecule is CC12CCC(C(c3nccc(N)n3)C1=O)C2(C)C. The molecule has 0 saturated heterocycles. The monoisotopic (exact) mass is 245 g/mol. The molecule has 2 aliphatic carbocycles. The smallest absolute Gasteiger partial charge is 0.150 e. The van der Waals surface area contributed by atoms with E-state index >= 15 is 0 Å². The van der Waals surface area contributed by atoms with Gasteiger partial charge in [0.2, 0.25) is 0 Å². The average molecular weight is 245 g/mol. The highest BCUT2D eigenvalue weighted by molar-refractivity contribution is 5.95. The fourth-order valence-corrected chi connectivity index (χ4v) is 3.92. The molecule has 2 saturated carbocycles. The molecule has 18 heavy (non-hydrogen) atoms. The van der Waals surface area contributed by atoms with Crippen molar-refractivity contribution in [1.29, 1.82) is 0 Å². The van der Waals surface area contributed by atoms with Crippen molar-refractivity contribution in [3.8, 4) is 0 Å². The van der Waals surface area contributed by atoms with Gasteiger partial charge in [0.1, 0.15) is 17.4 Å². The van der Waals surface area contributed by atoms with Crippen LogP contribution in [-0.4, -0.2) is 15.8 Å². The zero-order valence-electron chi connectivity index (χ0n) is 11.1. The van der Waals surface area contributed by atoms with Gasteiger partial charge in [0.15, 0.2) is 0 Å². The van der Waals surface area contributed by atoms with Gasteiger partial charge in [-0.1, -0.05) is 20.8 Å². The Bertz CT molecular complexity index is 526. The molecule has 1 aromatic rings. The molecule has 1 aromatic heterocycles. The number of aromatic nitrogens is 2. The predicted molar refractivity (Wildman–Crippen MR) is 68.8 cm³/mol. The van der Waals surface area contributed by atoms with Crippen molar-refractivity contribution in [3.05, 3.63) is 18.1 Å². The number of nitrogen functional groups attached to an aromatic ring is 1. The van der Waals surface area contributed by atoms with Crippen molar-refractivity contribution in [1.82, 2.24) is 9.97 Å². The number of anilines is 1. The standard InChI is InChI=1S/C14H19N3O/c1-13(2)8-4-6-14(13,3)11(18)10(8)12-16-7-5-9(15)17-12/h5,7-8,10H,4,6H2,1-3H3,(H2,15,16,17). The molecular formula is C14H19N3O. The molecule has 3 unspecified atom stereocenters. The molecule has 1 heterocycles. The zero-order chi connectivity index (χ0) is 13.1. The summed E-state index contributed by atoms with van der Waals surface area (Å²) in [4.78, 5) is 21.2. The van der Waals surface area contributed by atoms with Gasteiger partial charge < -0.3 is 5.73 Å². The average Bonchev–Trinajstić information content (AvgIpc) is 2.61. The number of carbonyl (C=O) groups excluding carboxylic acids is 1. The minimum Gasteiger partial charge on any atom is -0.384 e. The highest BCUT2D eigenvalue weighted by atomic mass is 16.1. The van der Waals surface area contributed by atoms with Crippen LogP contribution in [0.5, 0.6) is 0 Å². The summed E-state index contributed by atoms with van der Waals surface area (Å²) in [5, 5.41) is 0. The lowest BCUT2D eigenvalue weighted by Crippen LogP contribution is -2.33. The van der Waals surface area contributed by atoms with Gasteiger partial charge in [-0.25, -0.2) is 9.97 Å². The van der Waals surface area contributed by atoms with Crippen molar-refractivity contribution in [2.24, 2.45) is 16.7 Å². The lowest BCUT2D eigenvalue weighted by atomic mass is 9.70. The maximum Gasteiger partial charge on any atom is 0.150 e. The van der Waals surface area contributed by atoms with Crippen LogP contribution in [0.1, 0.15) is 45.4 Å². The van der Waals surface area contributed by atoms with Gasteiger partial charge in [-0.2, -0.15) is 0 Å². The lowest BCUT2D eigenvalue weighted by molar-refractivity contribution is -0.129. The first kappa shape index (κ1) is 11.6. The highest BCUT2D eigenvalue weighted by Crippen LogP contribution is 2.67. The van der Waals surface area contributed by atoms with Gasteiger partial charge in [0, 0.05) is 11.6 Å². The van der Waals surface area contributed by atoms with E-state index in [1.165, 1.54) is 0 Å². The summed E-state index contributed by atoms with van der Waals surface area (Å²) in [5.74, 6) is 1.54. The van der Waals surface area contributed by atoms with Crippen LogP contribution in [-0.2, 0) is 4.79 Å². The Morgan fingerprint density at radius 3 is 2.67 bits per heavy atom. The van der Waals surface area contributed by atoms with Crippen LogP contribution in [0.4, 0.5) is 5.82 Å². The second-order valence-electron chi connectivity index (χ2n) is 6.38. The minimum absolute atomic E-state index is 0.0305. The second-order valence-corrected chi connectivity index (χ2v) is 6.38. The first-order valence-corrected chi connectivity index (χ1v) is 6.50. The van der Waals surface area contributed by atoms with E-state index in [-0.39, 0.29) is 16.7 Å². The van der Waals surface area contributed by atoms with Gasteiger partial charge in [-0.3, -0.25) is 4.79 Å². The van der Waals surface area contributed by atoms with Crippen LogP contribution in [0.15, 0.2) is 12.3 Å². The summed E-state index contributed by atoms with van der Waals surface area (Å²) in [6, 6.07) is 1.66. The summed E-state index contributed by atoms with van der Waals surface area (Å²) in [6.07, 6.45) is 3.71. The van der Waals surface area contributed by atoms with Crippen molar-refractivity contribution in [3.63, 3.8) is 0 Å².